The zero-order valence-electron chi connectivity index (χ0n) is 12.7. The van der Waals surface area contributed by atoms with E-state index in [1.54, 1.807) is 19.1 Å². The SMILES string of the molecule is CNS(=O)(=O)c1ccc(C(=O)N[C@@H](C)c2ccc(F)cc2)cc1. The van der Waals surface area contributed by atoms with Gasteiger partial charge < -0.3 is 5.32 Å². The van der Waals surface area contributed by atoms with E-state index in [9.17, 15) is 17.6 Å². The van der Waals surface area contributed by atoms with Crippen molar-refractivity contribution in [2.75, 3.05) is 7.05 Å². The van der Waals surface area contributed by atoms with Crippen LogP contribution in [0.5, 0.6) is 0 Å². The molecular formula is C16H17FN2O3S. The first kappa shape index (κ1) is 17.1. The normalized spacial score (nSPS) is 12.7. The molecule has 0 heterocycles. The molecule has 2 N–H and O–H groups in total. The third-order valence-electron chi connectivity index (χ3n) is 3.41. The Hall–Kier alpha value is -2.25. The Morgan fingerprint density at radius 2 is 1.61 bits per heavy atom. The summed E-state index contributed by atoms with van der Waals surface area (Å²) in [5.74, 6) is -0.677. The highest BCUT2D eigenvalue weighted by atomic mass is 32.2. The molecular weight excluding hydrogens is 319 g/mol. The van der Waals surface area contributed by atoms with Crippen molar-refractivity contribution >= 4 is 15.9 Å². The maximum Gasteiger partial charge on any atom is 0.251 e. The van der Waals surface area contributed by atoms with Gasteiger partial charge in [0.05, 0.1) is 10.9 Å². The number of amides is 1. The number of hydrogen-bond donors (Lipinski definition) is 2. The summed E-state index contributed by atoms with van der Waals surface area (Å²) in [6, 6.07) is 11.2. The largest absolute Gasteiger partial charge is 0.346 e. The van der Waals surface area contributed by atoms with Crippen LogP contribution in [0.4, 0.5) is 4.39 Å². The molecule has 122 valence electrons. The van der Waals surface area contributed by atoms with E-state index in [2.05, 4.69) is 10.0 Å². The van der Waals surface area contributed by atoms with Crippen LogP contribution in [0.25, 0.3) is 0 Å². The van der Waals surface area contributed by atoms with E-state index in [0.29, 0.717) is 5.56 Å². The summed E-state index contributed by atoms with van der Waals surface area (Å²) < 4.78 is 38.4. The van der Waals surface area contributed by atoms with Gasteiger partial charge in [0, 0.05) is 5.56 Å². The second-order valence-corrected chi connectivity index (χ2v) is 6.87. The molecule has 23 heavy (non-hydrogen) atoms. The second kappa shape index (κ2) is 6.89. The third-order valence-corrected chi connectivity index (χ3v) is 4.84. The van der Waals surface area contributed by atoms with Crippen LogP contribution < -0.4 is 10.0 Å². The van der Waals surface area contributed by atoms with Crippen LogP contribution in [-0.4, -0.2) is 21.4 Å². The van der Waals surface area contributed by atoms with Crippen molar-refractivity contribution in [3.63, 3.8) is 0 Å². The molecule has 0 aromatic heterocycles. The first-order valence-electron chi connectivity index (χ1n) is 6.93. The number of carbonyl (C=O) groups is 1. The lowest BCUT2D eigenvalue weighted by molar-refractivity contribution is 0.0940. The van der Waals surface area contributed by atoms with E-state index in [0.717, 1.165) is 5.56 Å². The number of sulfonamides is 1. The maximum atomic E-state index is 12.9. The standard InChI is InChI=1S/C16H17FN2O3S/c1-11(12-3-7-14(17)8-4-12)19-16(20)13-5-9-15(10-6-13)23(21,22)18-2/h3-11,18H,1-2H3,(H,19,20)/t11-/m0/s1. The Morgan fingerprint density at radius 1 is 1.04 bits per heavy atom. The number of hydrogen-bond acceptors (Lipinski definition) is 3. The van der Waals surface area contributed by atoms with Gasteiger partial charge in [-0.05, 0) is 55.9 Å². The van der Waals surface area contributed by atoms with Crippen molar-refractivity contribution in [1.82, 2.24) is 10.0 Å². The molecule has 0 saturated heterocycles. The van der Waals surface area contributed by atoms with E-state index in [1.807, 2.05) is 0 Å². The number of nitrogens with one attached hydrogen (secondary N) is 2. The first-order chi connectivity index (χ1) is 10.8. The average molecular weight is 336 g/mol. The summed E-state index contributed by atoms with van der Waals surface area (Å²) in [6.07, 6.45) is 0. The van der Waals surface area contributed by atoms with Crippen molar-refractivity contribution in [3.8, 4) is 0 Å². The van der Waals surface area contributed by atoms with Crippen LogP contribution in [0.15, 0.2) is 53.4 Å². The van der Waals surface area contributed by atoms with Gasteiger partial charge in [0.1, 0.15) is 5.82 Å². The van der Waals surface area contributed by atoms with E-state index >= 15 is 0 Å². The zero-order chi connectivity index (χ0) is 17.0. The molecule has 7 heteroatoms. The zero-order valence-corrected chi connectivity index (χ0v) is 13.5. The molecule has 5 nitrogen and oxygen atoms in total. The fourth-order valence-corrected chi connectivity index (χ4v) is 2.75. The molecule has 0 aliphatic carbocycles. The lowest BCUT2D eigenvalue weighted by atomic mass is 10.1. The highest BCUT2D eigenvalue weighted by molar-refractivity contribution is 7.89. The Morgan fingerprint density at radius 3 is 2.13 bits per heavy atom. The Labute approximate surface area is 134 Å². The van der Waals surface area contributed by atoms with E-state index in [4.69, 9.17) is 0 Å². The topological polar surface area (TPSA) is 75.3 Å². The van der Waals surface area contributed by atoms with Crippen molar-refractivity contribution < 1.29 is 17.6 Å². The Kier molecular flexibility index (Phi) is 5.12. The minimum Gasteiger partial charge on any atom is -0.346 e. The highest BCUT2D eigenvalue weighted by Crippen LogP contribution is 2.15. The van der Waals surface area contributed by atoms with Gasteiger partial charge >= 0.3 is 0 Å². The average Bonchev–Trinajstić information content (AvgIpc) is 2.55. The number of benzene rings is 2. The molecule has 0 radical (unpaired) electrons. The Bertz CT molecular complexity index is 787. The van der Waals surface area contributed by atoms with Crippen LogP contribution in [0.1, 0.15) is 28.9 Å². The minimum atomic E-state index is -3.53. The summed E-state index contributed by atoms with van der Waals surface area (Å²) in [5.41, 5.74) is 1.11. The van der Waals surface area contributed by atoms with E-state index in [-0.39, 0.29) is 22.7 Å². The predicted octanol–water partition coefficient (Wildman–Crippen LogP) is 2.22. The lowest BCUT2D eigenvalue weighted by Gasteiger charge is -2.14. The summed E-state index contributed by atoms with van der Waals surface area (Å²) in [6.45, 7) is 1.78. The molecule has 0 spiro atoms. The monoisotopic (exact) mass is 336 g/mol. The summed E-state index contributed by atoms with van der Waals surface area (Å²) in [5, 5.41) is 2.78. The number of halogens is 1. The molecule has 0 saturated carbocycles. The third kappa shape index (κ3) is 4.14. The van der Waals surface area contributed by atoms with Gasteiger partial charge in [-0.15, -0.1) is 0 Å². The Balaban J connectivity index is 2.10. The van der Waals surface area contributed by atoms with Crippen LogP contribution in [0.3, 0.4) is 0 Å². The maximum absolute atomic E-state index is 12.9. The summed E-state index contributed by atoms with van der Waals surface area (Å²) in [4.78, 5) is 12.3. The van der Waals surface area contributed by atoms with Gasteiger partial charge in [-0.3, -0.25) is 4.79 Å². The molecule has 0 aliphatic rings. The summed E-state index contributed by atoms with van der Waals surface area (Å²) >= 11 is 0. The van der Waals surface area contributed by atoms with Crippen LogP contribution in [0.2, 0.25) is 0 Å². The second-order valence-electron chi connectivity index (χ2n) is 4.98. The first-order valence-corrected chi connectivity index (χ1v) is 8.42. The minimum absolute atomic E-state index is 0.0862. The fourth-order valence-electron chi connectivity index (χ4n) is 2.02. The molecule has 1 atom stereocenters. The van der Waals surface area contributed by atoms with Crippen LogP contribution in [-0.2, 0) is 10.0 Å². The smallest absolute Gasteiger partial charge is 0.251 e. The predicted molar refractivity (Wildman–Crippen MR) is 85.0 cm³/mol. The van der Waals surface area contributed by atoms with Crippen molar-refractivity contribution in [2.24, 2.45) is 0 Å². The molecule has 2 aromatic rings. The van der Waals surface area contributed by atoms with Crippen LogP contribution in [0, 0.1) is 5.82 Å². The molecule has 1 amide bonds. The van der Waals surface area contributed by atoms with Crippen LogP contribution >= 0.6 is 0 Å². The highest BCUT2D eigenvalue weighted by Gasteiger charge is 2.14. The quantitative estimate of drug-likeness (QED) is 0.879. The molecule has 0 unspecified atom stereocenters. The molecule has 0 aliphatic heterocycles. The number of carbonyl (C=O) groups excluding carboxylic acids is 1. The number of rotatable bonds is 5. The van der Waals surface area contributed by atoms with Gasteiger partial charge in [0.2, 0.25) is 10.0 Å². The van der Waals surface area contributed by atoms with E-state index < -0.39 is 10.0 Å². The lowest BCUT2D eigenvalue weighted by Crippen LogP contribution is -2.26. The molecule has 0 fully saturated rings. The summed E-state index contributed by atoms with van der Waals surface area (Å²) in [7, 11) is -2.21. The van der Waals surface area contributed by atoms with Gasteiger partial charge in [-0.25, -0.2) is 17.5 Å². The van der Waals surface area contributed by atoms with E-state index in [1.165, 1.54) is 43.4 Å². The van der Waals surface area contributed by atoms with Gasteiger partial charge in [0.15, 0.2) is 0 Å². The molecule has 0 bridgehead atoms. The van der Waals surface area contributed by atoms with Gasteiger partial charge in [0.25, 0.3) is 5.91 Å². The molecule has 2 rings (SSSR count). The molecule has 2 aromatic carbocycles. The van der Waals surface area contributed by atoms with Gasteiger partial charge in [-0.1, -0.05) is 12.1 Å². The van der Waals surface area contributed by atoms with Crippen molar-refractivity contribution in [2.45, 2.75) is 17.9 Å². The fraction of sp³-hybridized carbons (Fsp3) is 0.188. The van der Waals surface area contributed by atoms with Gasteiger partial charge in [-0.2, -0.15) is 0 Å². The van der Waals surface area contributed by atoms with Crippen molar-refractivity contribution in [3.05, 3.63) is 65.5 Å². The van der Waals surface area contributed by atoms with Crippen molar-refractivity contribution in [1.29, 1.82) is 0 Å².